The van der Waals surface area contributed by atoms with Crippen LogP contribution in [0.4, 0.5) is 5.69 Å². The first kappa shape index (κ1) is 13.9. The van der Waals surface area contributed by atoms with Crippen molar-refractivity contribution < 1.29 is 10.0 Å². The fourth-order valence-electron chi connectivity index (χ4n) is 1.48. The zero-order valence-corrected chi connectivity index (χ0v) is 10.3. The Labute approximate surface area is 105 Å². The van der Waals surface area contributed by atoms with Gasteiger partial charge in [-0.25, -0.2) is 0 Å². The Morgan fingerprint density at radius 3 is 2.82 bits per heavy atom. The molecule has 0 bridgehead atoms. The largest absolute Gasteiger partial charge is 0.395 e. The van der Waals surface area contributed by atoms with Gasteiger partial charge in [-0.1, -0.05) is 24.6 Å². The zero-order chi connectivity index (χ0) is 12.8. The highest BCUT2D eigenvalue weighted by Gasteiger charge is 2.17. The molecule has 0 amide bonds. The molecule has 0 fully saturated rings. The highest BCUT2D eigenvalue weighted by atomic mass is 35.5. The standard InChI is InChI=1S/C11H15ClN2O3/c1-2-8(7-15)13-6-9-10(12)4-3-5-11(9)14(16)17/h3-5,8,13,15H,2,6-7H2,1H3. The number of nitro benzene ring substituents is 1. The SMILES string of the molecule is CCC(CO)NCc1c(Cl)cccc1[N+](=O)[O-]. The van der Waals surface area contributed by atoms with Gasteiger partial charge in [0.2, 0.25) is 0 Å². The molecule has 1 unspecified atom stereocenters. The van der Waals surface area contributed by atoms with E-state index in [1.54, 1.807) is 12.1 Å². The van der Waals surface area contributed by atoms with E-state index in [9.17, 15) is 10.1 Å². The zero-order valence-electron chi connectivity index (χ0n) is 9.52. The normalized spacial score (nSPS) is 12.4. The third-order valence-electron chi connectivity index (χ3n) is 2.57. The highest BCUT2D eigenvalue weighted by Crippen LogP contribution is 2.26. The molecule has 1 aromatic carbocycles. The number of hydrogen-bond donors (Lipinski definition) is 2. The van der Waals surface area contributed by atoms with Crippen molar-refractivity contribution in [1.82, 2.24) is 5.32 Å². The molecule has 2 N–H and O–H groups in total. The number of nitrogens with zero attached hydrogens (tertiary/aromatic N) is 1. The number of benzene rings is 1. The van der Waals surface area contributed by atoms with E-state index in [1.807, 2.05) is 6.92 Å². The van der Waals surface area contributed by atoms with Crippen molar-refractivity contribution in [2.45, 2.75) is 25.9 Å². The lowest BCUT2D eigenvalue weighted by molar-refractivity contribution is -0.385. The predicted molar refractivity (Wildman–Crippen MR) is 66.1 cm³/mol. The Morgan fingerprint density at radius 2 is 2.29 bits per heavy atom. The van der Waals surface area contributed by atoms with Crippen molar-refractivity contribution in [2.24, 2.45) is 0 Å². The van der Waals surface area contributed by atoms with Gasteiger partial charge in [0.15, 0.2) is 0 Å². The number of nitrogens with one attached hydrogen (secondary N) is 1. The van der Waals surface area contributed by atoms with E-state index in [0.29, 0.717) is 10.6 Å². The van der Waals surface area contributed by atoms with Crippen LogP contribution in [0, 0.1) is 10.1 Å². The van der Waals surface area contributed by atoms with E-state index in [4.69, 9.17) is 16.7 Å². The molecule has 0 saturated heterocycles. The number of rotatable bonds is 6. The number of halogens is 1. The first-order valence-corrected chi connectivity index (χ1v) is 5.74. The first-order chi connectivity index (χ1) is 8.10. The summed E-state index contributed by atoms with van der Waals surface area (Å²) in [6.07, 6.45) is 0.745. The lowest BCUT2D eigenvalue weighted by atomic mass is 10.1. The number of nitro groups is 1. The fourth-order valence-corrected chi connectivity index (χ4v) is 1.71. The molecule has 0 saturated carbocycles. The second kappa shape index (κ2) is 6.54. The van der Waals surface area contributed by atoms with E-state index >= 15 is 0 Å². The Bertz CT molecular complexity index is 394. The number of hydrogen-bond acceptors (Lipinski definition) is 4. The van der Waals surface area contributed by atoms with Crippen LogP contribution >= 0.6 is 11.6 Å². The summed E-state index contributed by atoms with van der Waals surface area (Å²) < 4.78 is 0. The van der Waals surface area contributed by atoms with Crippen LogP contribution < -0.4 is 5.32 Å². The van der Waals surface area contributed by atoms with Crippen molar-refractivity contribution in [1.29, 1.82) is 0 Å². The molecule has 0 aliphatic heterocycles. The average molecular weight is 259 g/mol. The van der Waals surface area contributed by atoms with Crippen molar-refractivity contribution >= 4 is 17.3 Å². The summed E-state index contributed by atoms with van der Waals surface area (Å²) in [6, 6.07) is 4.51. The van der Waals surface area contributed by atoms with E-state index in [-0.39, 0.29) is 24.9 Å². The van der Waals surface area contributed by atoms with Gasteiger partial charge in [-0.3, -0.25) is 10.1 Å². The van der Waals surface area contributed by atoms with Crippen LogP contribution in [-0.4, -0.2) is 22.7 Å². The van der Waals surface area contributed by atoms with Crippen molar-refractivity contribution in [3.05, 3.63) is 38.9 Å². The molecule has 17 heavy (non-hydrogen) atoms. The van der Waals surface area contributed by atoms with E-state index in [2.05, 4.69) is 5.32 Å². The minimum atomic E-state index is -0.456. The van der Waals surface area contributed by atoms with Crippen LogP contribution in [-0.2, 0) is 6.54 Å². The number of aliphatic hydroxyl groups is 1. The molecule has 1 aromatic rings. The van der Waals surface area contributed by atoms with Gasteiger partial charge in [-0.05, 0) is 12.5 Å². The molecule has 0 aliphatic carbocycles. The Morgan fingerprint density at radius 1 is 1.59 bits per heavy atom. The van der Waals surface area contributed by atoms with Crippen LogP contribution in [0.5, 0.6) is 0 Å². The van der Waals surface area contributed by atoms with Gasteiger partial charge in [0, 0.05) is 18.7 Å². The summed E-state index contributed by atoms with van der Waals surface area (Å²) in [6.45, 7) is 2.19. The lowest BCUT2D eigenvalue weighted by Gasteiger charge is -2.14. The third kappa shape index (κ3) is 3.66. The van der Waals surface area contributed by atoms with Crippen LogP contribution in [0.2, 0.25) is 5.02 Å². The highest BCUT2D eigenvalue weighted by molar-refractivity contribution is 6.31. The Hall–Kier alpha value is -1.17. The predicted octanol–water partition coefficient (Wildman–Crippen LogP) is 2.11. The minimum Gasteiger partial charge on any atom is -0.395 e. The average Bonchev–Trinajstić information content (AvgIpc) is 2.31. The van der Waals surface area contributed by atoms with E-state index in [0.717, 1.165) is 6.42 Å². The molecule has 1 rings (SSSR count). The second-order valence-electron chi connectivity index (χ2n) is 3.66. The molecule has 6 heteroatoms. The molecule has 0 aliphatic rings. The maximum atomic E-state index is 10.8. The van der Waals surface area contributed by atoms with Crippen LogP contribution in [0.3, 0.4) is 0 Å². The smallest absolute Gasteiger partial charge is 0.275 e. The maximum absolute atomic E-state index is 10.8. The van der Waals surface area contributed by atoms with Gasteiger partial charge in [-0.15, -0.1) is 0 Å². The Kier molecular flexibility index (Phi) is 5.34. The molecular formula is C11H15ClN2O3. The van der Waals surface area contributed by atoms with Crippen LogP contribution in [0.25, 0.3) is 0 Å². The van der Waals surface area contributed by atoms with Crippen molar-refractivity contribution in [2.75, 3.05) is 6.61 Å². The van der Waals surface area contributed by atoms with Gasteiger partial charge in [0.25, 0.3) is 5.69 Å². The molecule has 94 valence electrons. The summed E-state index contributed by atoms with van der Waals surface area (Å²) in [4.78, 5) is 10.4. The van der Waals surface area contributed by atoms with Gasteiger partial charge >= 0.3 is 0 Å². The summed E-state index contributed by atoms with van der Waals surface area (Å²) >= 11 is 5.94. The molecule has 0 spiro atoms. The summed E-state index contributed by atoms with van der Waals surface area (Å²) in [5.41, 5.74) is 0.448. The first-order valence-electron chi connectivity index (χ1n) is 5.36. The van der Waals surface area contributed by atoms with Crippen LogP contribution in [0.1, 0.15) is 18.9 Å². The maximum Gasteiger partial charge on any atom is 0.275 e. The molecule has 0 heterocycles. The monoisotopic (exact) mass is 258 g/mol. The summed E-state index contributed by atoms with van der Waals surface area (Å²) in [5, 5.41) is 23.2. The Balaban J connectivity index is 2.85. The van der Waals surface area contributed by atoms with Gasteiger partial charge in [0.05, 0.1) is 22.1 Å². The van der Waals surface area contributed by atoms with Gasteiger partial charge in [0.1, 0.15) is 0 Å². The molecule has 5 nitrogen and oxygen atoms in total. The van der Waals surface area contributed by atoms with Crippen LogP contribution in [0.15, 0.2) is 18.2 Å². The molecule has 1 atom stereocenters. The van der Waals surface area contributed by atoms with Gasteiger partial charge < -0.3 is 10.4 Å². The van der Waals surface area contributed by atoms with Gasteiger partial charge in [-0.2, -0.15) is 0 Å². The number of aliphatic hydroxyl groups excluding tert-OH is 1. The minimum absolute atomic E-state index is 0.00204. The molecule has 0 aromatic heterocycles. The topological polar surface area (TPSA) is 75.4 Å². The second-order valence-corrected chi connectivity index (χ2v) is 4.07. The molecular weight excluding hydrogens is 244 g/mol. The summed E-state index contributed by atoms with van der Waals surface area (Å²) in [7, 11) is 0. The quantitative estimate of drug-likeness (QED) is 0.605. The van der Waals surface area contributed by atoms with Crippen molar-refractivity contribution in [3.63, 3.8) is 0 Å². The fraction of sp³-hybridized carbons (Fsp3) is 0.455. The van der Waals surface area contributed by atoms with E-state index in [1.165, 1.54) is 6.07 Å². The van der Waals surface area contributed by atoms with Crippen molar-refractivity contribution in [3.8, 4) is 0 Å². The van der Waals surface area contributed by atoms with E-state index < -0.39 is 4.92 Å². The molecule has 0 radical (unpaired) electrons. The summed E-state index contributed by atoms with van der Waals surface area (Å²) in [5.74, 6) is 0. The third-order valence-corrected chi connectivity index (χ3v) is 2.93. The lowest BCUT2D eigenvalue weighted by Crippen LogP contribution is -2.31.